The third-order valence-electron chi connectivity index (χ3n) is 3.30. The second-order valence-electron chi connectivity index (χ2n) is 4.88. The highest BCUT2D eigenvalue weighted by Gasteiger charge is 2.08. The molecule has 4 nitrogen and oxygen atoms in total. The second-order valence-corrected chi connectivity index (χ2v) is 5.67. The molecule has 23 heavy (non-hydrogen) atoms. The van der Waals surface area contributed by atoms with E-state index >= 15 is 0 Å². The van der Waals surface area contributed by atoms with Crippen molar-refractivity contribution < 1.29 is 4.79 Å². The van der Waals surface area contributed by atoms with E-state index in [2.05, 4.69) is 15.6 Å². The number of hydrogen-bond acceptors (Lipinski definition) is 3. The number of para-hydroxylation sites is 1. The monoisotopic (exact) mass is 345 g/mol. The van der Waals surface area contributed by atoms with Crippen LogP contribution in [0, 0.1) is 0 Å². The van der Waals surface area contributed by atoms with Gasteiger partial charge in [-0.05, 0) is 24.3 Å². The number of hydrogen-bond donors (Lipinski definition) is 2. The summed E-state index contributed by atoms with van der Waals surface area (Å²) in [6.07, 6.45) is 1.70. The third-order valence-corrected chi connectivity index (χ3v) is 4.12. The molecule has 1 amide bonds. The van der Waals surface area contributed by atoms with Gasteiger partial charge >= 0.3 is 0 Å². The number of amides is 1. The molecule has 0 bridgehead atoms. The summed E-state index contributed by atoms with van der Waals surface area (Å²) in [6.45, 7) is 0.0727. The summed E-state index contributed by atoms with van der Waals surface area (Å²) >= 11 is 12.0. The minimum Gasteiger partial charge on any atom is -0.375 e. The largest absolute Gasteiger partial charge is 0.375 e. The molecule has 0 aliphatic heterocycles. The maximum absolute atomic E-state index is 12.1. The Labute approximate surface area is 143 Å². The van der Waals surface area contributed by atoms with Crippen LogP contribution in [0.3, 0.4) is 0 Å². The van der Waals surface area contributed by atoms with Crippen LogP contribution in [-0.4, -0.2) is 17.4 Å². The number of nitrogens with zero attached hydrogens (tertiary/aromatic N) is 1. The molecular formula is C17H13Cl2N3O. The van der Waals surface area contributed by atoms with E-state index in [1.54, 1.807) is 24.4 Å². The van der Waals surface area contributed by atoms with Crippen LogP contribution in [0.1, 0.15) is 0 Å². The predicted molar refractivity (Wildman–Crippen MR) is 95.3 cm³/mol. The van der Waals surface area contributed by atoms with Gasteiger partial charge in [0.15, 0.2) is 0 Å². The van der Waals surface area contributed by atoms with E-state index < -0.39 is 0 Å². The zero-order chi connectivity index (χ0) is 16.2. The van der Waals surface area contributed by atoms with Gasteiger partial charge in [0, 0.05) is 11.6 Å². The van der Waals surface area contributed by atoms with Gasteiger partial charge in [0.25, 0.3) is 0 Å². The van der Waals surface area contributed by atoms with Crippen LogP contribution in [0.5, 0.6) is 0 Å². The van der Waals surface area contributed by atoms with Crippen LogP contribution in [0.4, 0.5) is 11.4 Å². The number of aromatic nitrogens is 1. The van der Waals surface area contributed by atoms with Crippen molar-refractivity contribution in [2.24, 2.45) is 0 Å². The molecule has 0 spiro atoms. The van der Waals surface area contributed by atoms with Gasteiger partial charge in [0.2, 0.25) is 5.91 Å². The minimum atomic E-state index is -0.195. The van der Waals surface area contributed by atoms with E-state index in [1.165, 1.54) is 0 Å². The summed E-state index contributed by atoms with van der Waals surface area (Å²) < 4.78 is 0. The lowest BCUT2D eigenvalue weighted by atomic mass is 10.2. The number of anilines is 2. The van der Waals surface area contributed by atoms with Crippen LogP contribution in [0.15, 0.2) is 54.7 Å². The standard InChI is InChI=1S/C17H13Cl2N3O/c18-12-6-2-7-13(16(12)19)21-10-15(23)22-14-8-1-4-11-5-3-9-20-17(11)14/h1-9,21H,10H2,(H,22,23). The first-order chi connectivity index (χ1) is 11.1. The Kier molecular flexibility index (Phi) is 4.65. The molecule has 0 fully saturated rings. The summed E-state index contributed by atoms with van der Waals surface area (Å²) in [5, 5.41) is 7.63. The van der Waals surface area contributed by atoms with Gasteiger partial charge in [-0.25, -0.2) is 0 Å². The van der Waals surface area contributed by atoms with Crippen molar-refractivity contribution >= 4 is 51.4 Å². The predicted octanol–water partition coefficient (Wildman–Crippen LogP) is 4.59. The molecule has 1 heterocycles. The minimum absolute atomic E-state index is 0.0727. The average Bonchev–Trinajstić information content (AvgIpc) is 2.56. The van der Waals surface area contributed by atoms with Gasteiger partial charge in [-0.3, -0.25) is 9.78 Å². The van der Waals surface area contributed by atoms with Crippen molar-refractivity contribution in [1.29, 1.82) is 0 Å². The van der Waals surface area contributed by atoms with Crippen molar-refractivity contribution in [2.75, 3.05) is 17.2 Å². The van der Waals surface area contributed by atoms with Crippen molar-refractivity contribution in [2.45, 2.75) is 0 Å². The summed E-state index contributed by atoms with van der Waals surface area (Å²) in [4.78, 5) is 16.5. The Morgan fingerprint density at radius 2 is 1.74 bits per heavy atom. The first-order valence-corrected chi connectivity index (χ1v) is 7.72. The van der Waals surface area contributed by atoms with Crippen LogP contribution < -0.4 is 10.6 Å². The fourth-order valence-electron chi connectivity index (χ4n) is 2.22. The fourth-order valence-corrected chi connectivity index (χ4v) is 2.58. The van der Waals surface area contributed by atoms with E-state index in [9.17, 15) is 4.79 Å². The SMILES string of the molecule is O=C(CNc1cccc(Cl)c1Cl)Nc1cccc2cccnc12. The number of fused-ring (bicyclic) bond motifs is 1. The highest BCUT2D eigenvalue weighted by molar-refractivity contribution is 6.43. The van der Waals surface area contributed by atoms with Gasteiger partial charge in [0.05, 0.1) is 33.5 Å². The van der Waals surface area contributed by atoms with Gasteiger partial charge in [0.1, 0.15) is 0 Å². The highest BCUT2D eigenvalue weighted by atomic mass is 35.5. The molecular weight excluding hydrogens is 333 g/mol. The number of pyridine rings is 1. The normalized spacial score (nSPS) is 10.5. The Balaban J connectivity index is 1.71. The molecule has 0 aliphatic carbocycles. The molecule has 3 aromatic rings. The number of rotatable bonds is 4. The van der Waals surface area contributed by atoms with E-state index in [4.69, 9.17) is 23.2 Å². The lowest BCUT2D eigenvalue weighted by Gasteiger charge is -2.11. The van der Waals surface area contributed by atoms with Crippen molar-refractivity contribution in [1.82, 2.24) is 4.98 Å². The Hall–Kier alpha value is -2.30. The maximum atomic E-state index is 12.1. The zero-order valence-corrected chi connectivity index (χ0v) is 13.5. The molecule has 6 heteroatoms. The number of halogens is 2. The van der Waals surface area contributed by atoms with Crippen molar-refractivity contribution in [3.8, 4) is 0 Å². The first kappa shape index (κ1) is 15.6. The molecule has 2 aromatic carbocycles. The molecule has 116 valence electrons. The molecule has 1 aromatic heterocycles. The fraction of sp³-hybridized carbons (Fsp3) is 0.0588. The van der Waals surface area contributed by atoms with E-state index in [0.717, 1.165) is 10.9 Å². The molecule has 0 saturated carbocycles. The molecule has 0 aliphatic rings. The van der Waals surface area contributed by atoms with Crippen LogP contribution >= 0.6 is 23.2 Å². The zero-order valence-electron chi connectivity index (χ0n) is 12.0. The van der Waals surface area contributed by atoms with E-state index in [-0.39, 0.29) is 12.5 Å². The Bertz CT molecular complexity index is 862. The molecule has 0 saturated heterocycles. The number of benzene rings is 2. The third kappa shape index (κ3) is 3.55. The van der Waals surface area contributed by atoms with Crippen LogP contribution in [0.25, 0.3) is 10.9 Å². The molecule has 0 radical (unpaired) electrons. The van der Waals surface area contributed by atoms with E-state index in [0.29, 0.717) is 21.4 Å². The maximum Gasteiger partial charge on any atom is 0.243 e. The lowest BCUT2D eigenvalue weighted by Crippen LogP contribution is -2.22. The number of nitrogens with one attached hydrogen (secondary N) is 2. The summed E-state index contributed by atoms with van der Waals surface area (Å²) in [6, 6.07) is 14.7. The highest BCUT2D eigenvalue weighted by Crippen LogP contribution is 2.29. The topological polar surface area (TPSA) is 54.0 Å². The Morgan fingerprint density at radius 3 is 2.61 bits per heavy atom. The first-order valence-electron chi connectivity index (χ1n) is 6.96. The Morgan fingerprint density at radius 1 is 1.00 bits per heavy atom. The molecule has 3 rings (SSSR count). The van der Waals surface area contributed by atoms with Gasteiger partial charge in [-0.15, -0.1) is 0 Å². The van der Waals surface area contributed by atoms with Gasteiger partial charge in [-0.1, -0.05) is 47.5 Å². The van der Waals surface area contributed by atoms with Gasteiger partial charge in [-0.2, -0.15) is 0 Å². The lowest BCUT2D eigenvalue weighted by molar-refractivity contribution is -0.114. The van der Waals surface area contributed by atoms with Crippen molar-refractivity contribution in [3.05, 3.63) is 64.8 Å². The molecule has 0 unspecified atom stereocenters. The van der Waals surface area contributed by atoms with E-state index in [1.807, 2.05) is 30.3 Å². The number of carbonyl (C=O) groups is 1. The quantitative estimate of drug-likeness (QED) is 0.726. The smallest absolute Gasteiger partial charge is 0.243 e. The number of carbonyl (C=O) groups excluding carboxylic acids is 1. The summed E-state index contributed by atoms with van der Waals surface area (Å²) in [5.41, 5.74) is 2.04. The van der Waals surface area contributed by atoms with Crippen LogP contribution in [-0.2, 0) is 4.79 Å². The van der Waals surface area contributed by atoms with Crippen LogP contribution in [0.2, 0.25) is 10.0 Å². The summed E-state index contributed by atoms with van der Waals surface area (Å²) in [7, 11) is 0. The summed E-state index contributed by atoms with van der Waals surface area (Å²) in [5.74, 6) is -0.195. The van der Waals surface area contributed by atoms with Gasteiger partial charge < -0.3 is 10.6 Å². The molecule has 0 atom stereocenters. The second kappa shape index (κ2) is 6.86. The van der Waals surface area contributed by atoms with Crippen molar-refractivity contribution in [3.63, 3.8) is 0 Å². The average molecular weight is 346 g/mol. The molecule has 2 N–H and O–H groups in total.